The Morgan fingerprint density at radius 3 is 2.85 bits per heavy atom. The lowest BCUT2D eigenvalue weighted by molar-refractivity contribution is 0.239. The number of benzene rings is 1. The lowest BCUT2D eigenvalue weighted by Gasteiger charge is -2.36. The first-order valence-electron chi connectivity index (χ1n) is 9.39. The van der Waals surface area contributed by atoms with E-state index in [0.717, 1.165) is 56.3 Å². The maximum Gasteiger partial charge on any atom is 0.134 e. The number of methoxy groups -OCH3 is 1. The number of aliphatic hydroxyl groups excluding tert-OH is 1. The van der Waals surface area contributed by atoms with Gasteiger partial charge >= 0.3 is 0 Å². The third-order valence-corrected chi connectivity index (χ3v) is 5.52. The standard InChI is InChI=1S/C20H26N4O2/c1-26-18-6-5-15-7-9-23(12-16(15)10-18)19-11-20(22-14-21-19)24-8-3-2-4-17(24)13-25/h5-6,10-11,14,17,25H,2-4,7-9,12-13H2,1H3. The smallest absolute Gasteiger partial charge is 0.134 e. The number of rotatable bonds is 4. The summed E-state index contributed by atoms with van der Waals surface area (Å²) in [6.07, 6.45) is 5.99. The lowest BCUT2D eigenvalue weighted by Crippen LogP contribution is -2.42. The Balaban J connectivity index is 1.57. The van der Waals surface area contributed by atoms with E-state index >= 15 is 0 Å². The van der Waals surface area contributed by atoms with E-state index in [1.165, 1.54) is 17.5 Å². The van der Waals surface area contributed by atoms with Crippen molar-refractivity contribution in [2.75, 3.05) is 36.6 Å². The molecular formula is C20H26N4O2. The van der Waals surface area contributed by atoms with Gasteiger partial charge in [-0.1, -0.05) is 6.07 Å². The van der Waals surface area contributed by atoms with Crippen LogP contribution in [0.5, 0.6) is 5.75 Å². The second-order valence-electron chi connectivity index (χ2n) is 7.07. The Morgan fingerprint density at radius 1 is 1.12 bits per heavy atom. The van der Waals surface area contributed by atoms with Gasteiger partial charge in [0.2, 0.25) is 0 Å². The number of aromatic nitrogens is 2. The van der Waals surface area contributed by atoms with Gasteiger partial charge in [0.05, 0.1) is 19.8 Å². The Bertz CT molecular complexity index is 767. The van der Waals surface area contributed by atoms with Crippen LogP contribution in [0.15, 0.2) is 30.6 Å². The molecule has 0 radical (unpaired) electrons. The molecule has 0 saturated carbocycles. The minimum atomic E-state index is 0.165. The fourth-order valence-corrected chi connectivity index (χ4v) is 4.02. The van der Waals surface area contributed by atoms with Crippen LogP contribution >= 0.6 is 0 Å². The zero-order valence-corrected chi connectivity index (χ0v) is 15.3. The van der Waals surface area contributed by atoms with Crippen LogP contribution in [0.1, 0.15) is 30.4 Å². The average Bonchev–Trinajstić information content (AvgIpc) is 2.73. The molecular weight excluding hydrogens is 328 g/mol. The predicted octanol–water partition coefficient (Wildman–Crippen LogP) is 2.40. The molecule has 1 unspecified atom stereocenters. The van der Waals surface area contributed by atoms with Crippen LogP contribution in [0.3, 0.4) is 0 Å². The van der Waals surface area contributed by atoms with Crippen molar-refractivity contribution in [1.29, 1.82) is 0 Å². The van der Waals surface area contributed by atoms with Crippen LogP contribution in [0, 0.1) is 0 Å². The maximum atomic E-state index is 9.69. The molecule has 1 N–H and O–H groups in total. The molecule has 6 nitrogen and oxygen atoms in total. The first-order valence-corrected chi connectivity index (χ1v) is 9.39. The molecule has 0 spiro atoms. The molecule has 1 atom stereocenters. The van der Waals surface area contributed by atoms with E-state index in [0.29, 0.717) is 0 Å². The molecule has 1 aromatic carbocycles. The maximum absolute atomic E-state index is 9.69. The van der Waals surface area contributed by atoms with E-state index in [1.807, 2.05) is 6.07 Å². The van der Waals surface area contributed by atoms with Crippen molar-refractivity contribution >= 4 is 11.6 Å². The average molecular weight is 354 g/mol. The monoisotopic (exact) mass is 354 g/mol. The molecule has 0 aliphatic carbocycles. The molecule has 4 rings (SSSR count). The molecule has 3 heterocycles. The molecule has 2 aliphatic rings. The van der Waals surface area contributed by atoms with Crippen molar-refractivity contribution in [1.82, 2.24) is 9.97 Å². The SMILES string of the molecule is COc1ccc2c(c1)CN(c1cc(N3CCCCC3CO)ncn1)CC2. The summed E-state index contributed by atoms with van der Waals surface area (Å²) in [7, 11) is 1.70. The molecule has 0 bridgehead atoms. The van der Waals surface area contributed by atoms with E-state index < -0.39 is 0 Å². The quantitative estimate of drug-likeness (QED) is 0.910. The van der Waals surface area contributed by atoms with Gasteiger partial charge in [0.25, 0.3) is 0 Å². The van der Waals surface area contributed by atoms with Gasteiger partial charge in [-0.25, -0.2) is 9.97 Å². The topological polar surface area (TPSA) is 61.7 Å². The van der Waals surface area contributed by atoms with Gasteiger partial charge in [-0.05, 0) is 48.9 Å². The number of nitrogens with zero attached hydrogens (tertiary/aromatic N) is 4. The molecule has 0 amide bonds. The van der Waals surface area contributed by atoms with Gasteiger partial charge in [0.15, 0.2) is 0 Å². The van der Waals surface area contributed by atoms with Gasteiger partial charge in [0, 0.05) is 25.7 Å². The summed E-state index contributed by atoms with van der Waals surface area (Å²) in [6.45, 7) is 2.89. The third kappa shape index (κ3) is 3.33. The molecule has 2 aromatic rings. The molecule has 1 aromatic heterocycles. The van der Waals surface area contributed by atoms with Crippen LogP contribution in [0.2, 0.25) is 0 Å². The highest BCUT2D eigenvalue weighted by molar-refractivity contribution is 5.53. The van der Waals surface area contributed by atoms with Crippen LogP contribution in [-0.4, -0.2) is 47.9 Å². The lowest BCUT2D eigenvalue weighted by atomic mass is 9.99. The van der Waals surface area contributed by atoms with Gasteiger partial charge < -0.3 is 19.6 Å². The minimum absolute atomic E-state index is 0.165. The Kier molecular flexibility index (Phi) is 4.93. The van der Waals surface area contributed by atoms with Crippen LogP contribution < -0.4 is 14.5 Å². The van der Waals surface area contributed by atoms with Crippen molar-refractivity contribution in [2.24, 2.45) is 0 Å². The van der Waals surface area contributed by atoms with Crippen molar-refractivity contribution in [2.45, 2.75) is 38.3 Å². The molecule has 26 heavy (non-hydrogen) atoms. The highest BCUT2D eigenvalue weighted by Crippen LogP contribution is 2.29. The number of hydrogen-bond acceptors (Lipinski definition) is 6. The van der Waals surface area contributed by atoms with E-state index in [9.17, 15) is 5.11 Å². The van der Waals surface area contributed by atoms with Crippen molar-refractivity contribution in [3.63, 3.8) is 0 Å². The fraction of sp³-hybridized carbons (Fsp3) is 0.500. The van der Waals surface area contributed by atoms with E-state index in [-0.39, 0.29) is 12.6 Å². The summed E-state index contributed by atoms with van der Waals surface area (Å²) in [4.78, 5) is 13.5. The number of aliphatic hydroxyl groups is 1. The minimum Gasteiger partial charge on any atom is -0.497 e. The highest BCUT2D eigenvalue weighted by atomic mass is 16.5. The zero-order chi connectivity index (χ0) is 17.9. The molecule has 2 aliphatic heterocycles. The Labute approximate surface area is 154 Å². The van der Waals surface area contributed by atoms with Gasteiger partial charge in [-0.15, -0.1) is 0 Å². The van der Waals surface area contributed by atoms with E-state index in [4.69, 9.17) is 4.74 Å². The fourth-order valence-electron chi connectivity index (χ4n) is 4.02. The summed E-state index contributed by atoms with van der Waals surface area (Å²) < 4.78 is 5.37. The molecule has 1 saturated heterocycles. The van der Waals surface area contributed by atoms with Crippen LogP contribution in [0.25, 0.3) is 0 Å². The molecule has 138 valence electrons. The third-order valence-electron chi connectivity index (χ3n) is 5.52. The Morgan fingerprint density at radius 2 is 2.00 bits per heavy atom. The summed E-state index contributed by atoms with van der Waals surface area (Å²) in [6, 6.07) is 8.55. The number of fused-ring (bicyclic) bond motifs is 1. The highest BCUT2D eigenvalue weighted by Gasteiger charge is 2.24. The summed E-state index contributed by atoms with van der Waals surface area (Å²) >= 11 is 0. The van der Waals surface area contributed by atoms with E-state index in [1.54, 1.807) is 13.4 Å². The second kappa shape index (κ2) is 7.50. The first-order chi connectivity index (χ1) is 12.8. The summed E-state index contributed by atoms with van der Waals surface area (Å²) in [5.41, 5.74) is 2.68. The van der Waals surface area contributed by atoms with Crippen molar-refractivity contribution < 1.29 is 9.84 Å². The summed E-state index contributed by atoms with van der Waals surface area (Å²) in [5.74, 6) is 2.77. The van der Waals surface area contributed by atoms with E-state index in [2.05, 4.69) is 38.0 Å². The second-order valence-corrected chi connectivity index (χ2v) is 7.07. The van der Waals surface area contributed by atoms with Crippen LogP contribution in [-0.2, 0) is 13.0 Å². The first kappa shape index (κ1) is 17.1. The number of anilines is 2. The van der Waals surface area contributed by atoms with Gasteiger partial charge in [-0.2, -0.15) is 0 Å². The predicted molar refractivity (Wildman–Crippen MR) is 102 cm³/mol. The Hall–Kier alpha value is -2.34. The summed E-state index contributed by atoms with van der Waals surface area (Å²) in [5, 5.41) is 9.69. The van der Waals surface area contributed by atoms with Gasteiger partial charge in [-0.3, -0.25) is 0 Å². The zero-order valence-electron chi connectivity index (χ0n) is 15.3. The van der Waals surface area contributed by atoms with Gasteiger partial charge in [0.1, 0.15) is 23.7 Å². The number of hydrogen-bond donors (Lipinski definition) is 1. The van der Waals surface area contributed by atoms with Crippen molar-refractivity contribution in [3.05, 3.63) is 41.7 Å². The van der Waals surface area contributed by atoms with Crippen molar-refractivity contribution in [3.8, 4) is 5.75 Å². The number of ether oxygens (including phenoxy) is 1. The number of piperidine rings is 1. The molecule has 6 heteroatoms. The normalized spacial score (nSPS) is 20.0. The largest absolute Gasteiger partial charge is 0.497 e. The molecule has 1 fully saturated rings. The van der Waals surface area contributed by atoms with Crippen LogP contribution in [0.4, 0.5) is 11.6 Å².